The molecule has 2 N–H and O–H groups in total. The molecule has 1 aromatic rings. The SMILES string of the molecule is CC(N)Cc1nccn1C(F)(F)F. The van der Waals surface area contributed by atoms with Gasteiger partial charge in [0.05, 0.1) is 0 Å². The normalized spacial score (nSPS) is 14.5. The smallest absolute Gasteiger partial charge is 0.328 e. The van der Waals surface area contributed by atoms with Gasteiger partial charge in [-0.05, 0) is 6.92 Å². The van der Waals surface area contributed by atoms with Gasteiger partial charge in [-0.1, -0.05) is 0 Å². The zero-order valence-electron chi connectivity index (χ0n) is 7.04. The summed E-state index contributed by atoms with van der Waals surface area (Å²) in [5.41, 5.74) is 5.38. The van der Waals surface area contributed by atoms with Gasteiger partial charge in [-0.15, -0.1) is 13.2 Å². The fourth-order valence-electron chi connectivity index (χ4n) is 1.00. The molecule has 0 saturated carbocycles. The largest absolute Gasteiger partial charge is 0.489 e. The summed E-state index contributed by atoms with van der Waals surface area (Å²) >= 11 is 0. The van der Waals surface area contributed by atoms with E-state index in [1.165, 1.54) is 0 Å². The van der Waals surface area contributed by atoms with Crippen LogP contribution in [-0.4, -0.2) is 15.6 Å². The van der Waals surface area contributed by atoms with Gasteiger partial charge >= 0.3 is 6.30 Å². The lowest BCUT2D eigenvalue weighted by molar-refractivity contribution is -0.205. The maximum atomic E-state index is 12.2. The van der Waals surface area contributed by atoms with Gasteiger partial charge in [0.15, 0.2) is 0 Å². The first-order valence-corrected chi connectivity index (χ1v) is 3.76. The third-order valence-electron chi connectivity index (χ3n) is 1.50. The quantitative estimate of drug-likeness (QED) is 0.768. The summed E-state index contributed by atoms with van der Waals surface area (Å²) in [5, 5.41) is 0. The Kier molecular flexibility index (Phi) is 2.60. The van der Waals surface area contributed by atoms with Gasteiger partial charge in [0.1, 0.15) is 5.82 Å². The molecule has 0 fully saturated rings. The Bertz CT molecular complexity index is 277. The van der Waals surface area contributed by atoms with Crippen molar-refractivity contribution in [2.24, 2.45) is 5.73 Å². The number of rotatable bonds is 2. The Morgan fingerprint density at radius 2 is 2.23 bits per heavy atom. The summed E-state index contributed by atoms with van der Waals surface area (Å²) in [7, 11) is 0. The Morgan fingerprint density at radius 1 is 1.62 bits per heavy atom. The van der Waals surface area contributed by atoms with Crippen molar-refractivity contribution in [1.29, 1.82) is 0 Å². The second-order valence-corrected chi connectivity index (χ2v) is 2.86. The lowest BCUT2D eigenvalue weighted by atomic mass is 10.2. The van der Waals surface area contributed by atoms with Crippen molar-refractivity contribution in [3.8, 4) is 0 Å². The van der Waals surface area contributed by atoms with Gasteiger partial charge in [0, 0.05) is 24.9 Å². The van der Waals surface area contributed by atoms with E-state index in [2.05, 4.69) is 4.98 Å². The van der Waals surface area contributed by atoms with Crippen molar-refractivity contribution in [1.82, 2.24) is 9.55 Å². The van der Waals surface area contributed by atoms with Crippen LogP contribution in [0.15, 0.2) is 12.4 Å². The topological polar surface area (TPSA) is 43.8 Å². The lowest BCUT2D eigenvalue weighted by Gasteiger charge is -2.11. The van der Waals surface area contributed by atoms with Crippen LogP contribution >= 0.6 is 0 Å². The van der Waals surface area contributed by atoms with Gasteiger partial charge in [-0.2, -0.15) is 0 Å². The van der Waals surface area contributed by atoms with Gasteiger partial charge < -0.3 is 5.73 Å². The van der Waals surface area contributed by atoms with Gasteiger partial charge in [0.2, 0.25) is 0 Å². The molecule has 0 aliphatic carbocycles. The van der Waals surface area contributed by atoms with Crippen molar-refractivity contribution >= 4 is 0 Å². The van der Waals surface area contributed by atoms with E-state index >= 15 is 0 Å². The molecule has 0 aliphatic rings. The molecule has 3 nitrogen and oxygen atoms in total. The highest BCUT2D eigenvalue weighted by molar-refractivity contribution is 4.95. The highest BCUT2D eigenvalue weighted by Gasteiger charge is 2.32. The first kappa shape index (κ1) is 10.0. The van der Waals surface area contributed by atoms with Crippen molar-refractivity contribution in [2.45, 2.75) is 25.7 Å². The number of nitrogens with zero attached hydrogens (tertiary/aromatic N) is 2. The summed E-state index contributed by atoms with van der Waals surface area (Å²) in [6.07, 6.45) is -2.28. The highest BCUT2D eigenvalue weighted by Crippen LogP contribution is 2.23. The molecule has 1 atom stereocenters. The predicted octanol–water partition coefficient (Wildman–Crippen LogP) is 1.25. The molecule has 0 bridgehead atoms. The van der Waals surface area contributed by atoms with Crippen LogP contribution in [0.2, 0.25) is 0 Å². The number of imidazole rings is 1. The minimum atomic E-state index is -4.40. The van der Waals surface area contributed by atoms with Crippen LogP contribution < -0.4 is 5.73 Å². The average Bonchev–Trinajstić information content (AvgIpc) is 2.31. The Hall–Kier alpha value is -1.04. The fourth-order valence-corrected chi connectivity index (χ4v) is 1.00. The van der Waals surface area contributed by atoms with Gasteiger partial charge in [-0.3, -0.25) is 0 Å². The minimum absolute atomic E-state index is 0.0532. The van der Waals surface area contributed by atoms with Crippen LogP contribution in [0.5, 0.6) is 0 Å². The molecule has 0 spiro atoms. The summed E-state index contributed by atoms with van der Waals surface area (Å²) in [6.45, 7) is 1.63. The molecule has 0 saturated heterocycles. The van der Waals surface area contributed by atoms with Crippen molar-refractivity contribution in [3.63, 3.8) is 0 Å². The number of hydrogen-bond donors (Lipinski definition) is 1. The third-order valence-corrected chi connectivity index (χ3v) is 1.50. The van der Waals surface area contributed by atoms with E-state index in [9.17, 15) is 13.2 Å². The number of nitrogens with two attached hydrogens (primary N) is 1. The van der Waals surface area contributed by atoms with E-state index in [0.717, 1.165) is 12.4 Å². The number of alkyl halides is 3. The van der Waals surface area contributed by atoms with Crippen LogP contribution in [0.4, 0.5) is 13.2 Å². The second kappa shape index (κ2) is 3.37. The lowest BCUT2D eigenvalue weighted by Crippen LogP contribution is -2.25. The summed E-state index contributed by atoms with van der Waals surface area (Å²) < 4.78 is 36.8. The number of halogens is 3. The molecule has 1 unspecified atom stereocenters. The molecule has 1 rings (SSSR count). The first-order chi connectivity index (χ1) is 5.91. The van der Waals surface area contributed by atoms with E-state index < -0.39 is 6.30 Å². The van der Waals surface area contributed by atoms with Gasteiger partial charge in [-0.25, -0.2) is 9.55 Å². The fraction of sp³-hybridized carbons (Fsp3) is 0.571. The van der Waals surface area contributed by atoms with E-state index in [-0.39, 0.29) is 22.9 Å². The molecular weight excluding hydrogens is 183 g/mol. The van der Waals surface area contributed by atoms with E-state index in [0.29, 0.717) is 0 Å². The average molecular weight is 193 g/mol. The Balaban J connectivity index is 2.90. The summed E-state index contributed by atoms with van der Waals surface area (Å²) in [5.74, 6) is -0.0532. The summed E-state index contributed by atoms with van der Waals surface area (Å²) in [6, 6.07) is -0.330. The standard InChI is InChI=1S/C7H10F3N3/c1-5(11)4-6-12-2-3-13(6)7(8,9)10/h2-3,5H,4,11H2,1H3. The number of aromatic nitrogens is 2. The Morgan fingerprint density at radius 3 is 2.69 bits per heavy atom. The molecule has 0 aromatic carbocycles. The third kappa shape index (κ3) is 2.45. The van der Waals surface area contributed by atoms with E-state index in [4.69, 9.17) is 5.73 Å². The molecule has 0 radical (unpaired) electrons. The van der Waals surface area contributed by atoms with Crippen molar-refractivity contribution < 1.29 is 13.2 Å². The van der Waals surface area contributed by atoms with Crippen molar-refractivity contribution in [3.05, 3.63) is 18.2 Å². The van der Waals surface area contributed by atoms with Crippen molar-refractivity contribution in [2.75, 3.05) is 0 Å². The van der Waals surface area contributed by atoms with E-state index in [1.54, 1.807) is 6.92 Å². The first-order valence-electron chi connectivity index (χ1n) is 3.76. The van der Waals surface area contributed by atoms with Crippen LogP contribution in [0.1, 0.15) is 12.7 Å². The molecule has 0 aliphatic heterocycles. The molecule has 0 amide bonds. The zero-order chi connectivity index (χ0) is 10.1. The monoisotopic (exact) mass is 193 g/mol. The molecule has 6 heteroatoms. The van der Waals surface area contributed by atoms with Crippen LogP contribution in [0.25, 0.3) is 0 Å². The Labute approximate surface area is 73.4 Å². The zero-order valence-corrected chi connectivity index (χ0v) is 7.04. The predicted molar refractivity (Wildman–Crippen MR) is 40.9 cm³/mol. The van der Waals surface area contributed by atoms with Crippen LogP contribution in [-0.2, 0) is 12.7 Å². The molecular formula is C7H10F3N3. The molecule has 1 heterocycles. The molecule has 74 valence electrons. The summed E-state index contributed by atoms with van der Waals surface area (Å²) in [4.78, 5) is 3.59. The maximum absolute atomic E-state index is 12.2. The molecule has 1 aromatic heterocycles. The number of hydrogen-bond acceptors (Lipinski definition) is 2. The van der Waals surface area contributed by atoms with E-state index in [1.807, 2.05) is 0 Å². The van der Waals surface area contributed by atoms with Crippen LogP contribution in [0.3, 0.4) is 0 Å². The molecule has 13 heavy (non-hydrogen) atoms. The minimum Gasteiger partial charge on any atom is -0.328 e. The maximum Gasteiger partial charge on any atom is 0.489 e. The highest BCUT2D eigenvalue weighted by atomic mass is 19.4. The second-order valence-electron chi connectivity index (χ2n) is 2.86. The van der Waals surface area contributed by atoms with Crippen LogP contribution in [0, 0.1) is 0 Å². The van der Waals surface area contributed by atoms with Gasteiger partial charge in [0.25, 0.3) is 0 Å².